The standard InChI is InChI=1S/C17H22N4O.ClH/c1-12-8-13(2)10-15(9-12)21-14(3)11-16(19-21)17(22)20-6-4-18-5-7-20;/h8-11,18H,4-7H2,1-3H3;1H. The molecule has 2 heterocycles. The molecule has 3 rings (SSSR count). The van der Waals surface area contributed by atoms with Crippen molar-refractivity contribution in [3.8, 4) is 5.69 Å². The molecule has 2 aromatic rings. The number of carbonyl (C=O) groups is 1. The van der Waals surface area contributed by atoms with Crippen molar-refractivity contribution in [2.75, 3.05) is 26.2 Å². The Kier molecular flexibility index (Phi) is 5.44. The van der Waals surface area contributed by atoms with Crippen molar-refractivity contribution in [3.05, 3.63) is 46.8 Å². The van der Waals surface area contributed by atoms with Gasteiger partial charge in [0.25, 0.3) is 5.91 Å². The average molecular weight is 335 g/mol. The highest BCUT2D eigenvalue weighted by molar-refractivity contribution is 5.92. The molecule has 1 aliphatic rings. The molecule has 0 unspecified atom stereocenters. The van der Waals surface area contributed by atoms with E-state index in [2.05, 4.69) is 42.5 Å². The van der Waals surface area contributed by atoms with Gasteiger partial charge in [-0.2, -0.15) is 5.10 Å². The first-order valence-electron chi connectivity index (χ1n) is 7.70. The van der Waals surface area contributed by atoms with Gasteiger partial charge in [-0.15, -0.1) is 12.4 Å². The molecule has 6 heteroatoms. The van der Waals surface area contributed by atoms with Crippen LogP contribution in [0.1, 0.15) is 27.3 Å². The minimum Gasteiger partial charge on any atom is -0.335 e. The number of piperazine rings is 1. The molecule has 1 N–H and O–H groups in total. The predicted molar refractivity (Wildman–Crippen MR) is 93.8 cm³/mol. The Hall–Kier alpha value is -1.85. The molecule has 1 aliphatic heterocycles. The number of nitrogens with zero attached hydrogens (tertiary/aromatic N) is 3. The van der Waals surface area contributed by atoms with Crippen LogP contribution < -0.4 is 5.32 Å². The van der Waals surface area contributed by atoms with Crippen molar-refractivity contribution in [2.24, 2.45) is 0 Å². The summed E-state index contributed by atoms with van der Waals surface area (Å²) in [6, 6.07) is 8.19. The van der Waals surface area contributed by atoms with E-state index >= 15 is 0 Å². The van der Waals surface area contributed by atoms with Crippen LogP contribution in [0.5, 0.6) is 0 Å². The molecule has 124 valence electrons. The average Bonchev–Trinajstić information content (AvgIpc) is 2.88. The van der Waals surface area contributed by atoms with E-state index in [0.717, 1.165) is 37.6 Å². The van der Waals surface area contributed by atoms with Crippen LogP contribution in [-0.2, 0) is 0 Å². The van der Waals surface area contributed by atoms with Crippen LogP contribution in [0, 0.1) is 20.8 Å². The summed E-state index contributed by atoms with van der Waals surface area (Å²) in [6.45, 7) is 9.32. The fraction of sp³-hybridized carbons (Fsp3) is 0.412. The maximum Gasteiger partial charge on any atom is 0.274 e. The van der Waals surface area contributed by atoms with Gasteiger partial charge in [-0.05, 0) is 50.1 Å². The van der Waals surface area contributed by atoms with Crippen molar-refractivity contribution in [1.29, 1.82) is 0 Å². The fourth-order valence-electron chi connectivity index (χ4n) is 2.94. The van der Waals surface area contributed by atoms with Gasteiger partial charge in [-0.3, -0.25) is 4.79 Å². The third kappa shape index (κ3) is 3.74. The zero-order valence-electron chi connectivity index (χ0n) is 13.8. The number of aromatic nitrogens is 2. The van der Waals surface area contributed by atoms with Gasteiger partial charge in [0, 0.05) is 31.9 Å². The zero-order chi connectivity index (χ0) is 15.7. The first-order valence-corrected chi connectivity index (χ1v) is 7.70. The molecule has 23 heavy (non-hydrogen) atoms. The quantitative estimate of drug-likeness (QED) is 0.916. The number of carbonyl (C=O) groups excluding carboxylic acids is 1. The smallest absolute Gasteiger partial charge is 0.274 e. The minimum atomic E-state index is 0. The number of rotatable bonds is 2. The maximum atomic E-state index is 12.6. The predicted octanol–water partition coefficient (Wildman–Crippen LogP) is 2.26. The second-order valence-electron chi connectivity index (χ2n) is 5.97. The highest BCUT2D eigenvalue weighted by Gasteiger charge is 2.21. The van der Waals surface area contributed by atoms with Gasteiger partial charge < -0.3 is 10.2 Å². The molecular formula is C17H23ClN4O. The van der Waals surface area contributed by atoms with Crippen LogP contribution in [0.4, 0.5) is 0 Å². The zero-order valence-corrected chi connectivity index (χ0v) is 14.6. The summed E-state index contributed by atoms with van der Waals surface area (Å²) in [5.41, 5.74) is 4.90. The van der Waals surface area contributed by atoms with Crippen molar-refractivity contribution < 1.29 is 4.79 Å². The molecule has 0 atom stereocenters. The Morgan fingerprint density at radius 1 is 1.04 bits per heavy atom. The number of hydrogen-bond donors (Lipinski definition) is 1. The van der Waals surface area contributed by atoms with Crippen LogP contribution in [0.3, 0.4) is 0 Å². The van der Waals surface area contributed by atoms with Gasteiger partial charge >= 0.3 is 0 Å². The number of hydrogen-bond acceptors (Lipinski definition) is 3. The second kappa shape index (κ2) is 7.15. The lowest BCUT2D eigenvalue weighted by molar-refractivity contribution is 0.0729. The Bertz CT molecular complexity index is 684. The molecule has 5 nitrogen and oxygen atoms in total. The van der Waals surface area contributed by atoms with E-state index in [1.54, 1.807) is 0 Å². The highest BCUT2D eigenvalue weighted by Crippen LogP contribution is 2.17. The Labute approximate surface area is 143 Å². The van der Waals surface area contributed by atoms with Gasteiger partial charge in [0.05, 0.1) is 5.69 Å². The maximum absolute atomic E-state index is 12.6. The van der Waals surface area contributed by atoms with Crippen LogP contribution in [-0.4, -0.2) is 46.8 Å². The molecule has 1 amide bonds. The number of amides is 1. The van der Waals surface area contributed by atoms with Crippen LogP contribution in [0.15, 0.2) is 24.3 Å². The number of aryl methyl sites for hydroxylation is 3. The summed E-state index contributed by atoms with van der Waals surface area (Å²) in [5.74, 6) is 0.0210. The topological polar surface area (TPSA) is 50.2 Å². The third-order valence-corrected chi connectivity index (χ3v) is 3.96. The Balaban J connectivity index is 0.00000192. The van der Waals surface area contributed by atoms with E-state index in [0.29, 0.717) is 5.69 Å². The number of nitrogens with one attached hydrogen (secondary N) is 1. The summed E-state index contributed by atoms with van der Waals surface area (Å²) in [5, 5.41) is 7.80. The second-order valence-corrected chi connectivity index (χ2v) is 5.97. The van der Waals surface area contributed by atoms with Crippen LogP contribution >= 0.6 is 12.4 Å². The first kappa shape index (κ1) is 17.5. The Morgan fingerprint density at radius 3 is 2.26 bits per heavy atom. The molecule has 1 aromatic heterocycles. The molecule has 1 aromatic carbocycles. The normalized spacial score (nSPS) is 14.5. The van der Waals surface area contributed by atoms with E-state index < -0.39 is 0 Å². The monoisotopic (exact) mass is 334 g/mol. The van der Waals surface area contributed by atoms with Crippen molar-refractivity contribution >= 4 is 18.3 Å². The molecule has 0 spiro atoms. The molecule has 1 saturated heterocycles. The van der Waals surface area contributed by atoms with E-state index in [-0.39, 0.29) is 18.3 Å². The lowest BCUT2D eigenvalue weighted by atomic mass is 10.1. The van der Waals surface area contributed by atoms with Crippen molar-refractivity contribution in [3.63, 3.8) is 0 Å². The van der Waals surface area contributed by atoms with Gasteiger partial charge in [0.2, 0.25) is 0 Å². The Morgan fingerprint density at radius 2 is 1.65 bits per heavy atom. The summed E-state index contributed by atoms with van der Waals surface area (Å²) in [7, 11) is 0. The largest absolute Gasteiger partial charge is 0.335 e. The van der Waals surface area contributed by atoms with Gasteiger partial charge in [-0.1, -0.05) is 6.07 Å². The number of halogens is 1. The van der Waals surface area contributed by atoms with E-state index in [1.807, 2.05) is 22.6 Å². The number of benzene rings is 1. The van der Waals surface area contributed by atoms with Gasteiger partial charge in [-0.25, -0.2) is 4.68 Å². The lowest BCUT2D eigenvalue weighted by Gasteiger charge is -2.26. The van der Waals surface area contributed by atoms with Crippen LogP contribution in [0.2, 0.25) is 0 Å². The molecule has 0 aliphatic carbocycles. The van der Waals surface area contributed by atoms with E-state index in [1.165, 1.54) is 11.1 Å². The summed E-state index contributed by atoms with van der Waals surface area (Å²) >= 11 is 0. The summed E-state index contributed by atoms with van der Waals surface area (Å²) < 4.78 is 1.86. The molecule has 1 fully saturated rings. The molecule has 0 radical (unpaired) electrons. The minimum absolute atomic E-state index is 0. The molecule has 0 saturated carbocycles. The first-order chi connectivity index (χ1) is 10.5. The highest BCUT2D eigenvalue weighted by atomic mass is 35.5. The SMILES string of the molecule is Cc1cc(C)cc(-n2nc(C(=O)N3CCNCC3)cc2C)c1.Cl. The summed E-state index contributed by atoms with van der Waals surface area (Å²) in [6.07, 6.45) is 0. The van der Waals surface area contributed by atoms with Crippen molar-refractivity contribution in [1.82, 2.24) is 20.0 Å². The van der Waals surface area contributed by atoms with Crippen molar-refractivity contribution in [2.45, 2.75) is 20.8 Å². The lowest BCUT2D eigenvalue weighted by Crippen LogP contribution is -2.46. The summed E-state index contributed by atoms with van der Waals surface area (Å²) in [4.78, 5) is 14.4. The van der Waals surface area contributed by atoms with Gasteiger partial charge in [0.1, 0.15) is 0 Å². The fourth-order valence-corrected chi connectivity index (χ4v) is 2.94. The van der Waals surface area contributed by atoms with E-state index in [9.17, 15) is 4.79 Å². The molecule has 0 bridgehead atoms. The van der Waals surface area contributed by atoms with E-state index in [4.69, 9.17) is 0 Å². The van der Waals surface area contributed by atoms with Gasteiger partial charge in [0.15, 0.2) is 5.69 Å². The third-order valence-electron chi connectivity index (χ3n) is 3.96. The van der Waals surface area contributed by atoms with Crippen LogP contribution in [0.25, 0.3) is 5.69 Å². The molecular weight excluding hydrogens is 312 g/mol.